The molecule has 1 aromatic carbocycles. The maximum Gasteiger partial charge on any atom is 0.328 e. The number of benzene rings is 1. The second-order valence-electron chi connectivity index (χ2n) is 3.78. The van der Waals surface area contributed by atoms with Crippen molar-refractivity contribution < 1.29 is 14.6 Å². The summed E-state index contributed by atoms with van der Waals surface area (Å²) in [6.07, 6.45) is 2.89. The summed E-state index contributed by atoms with van der Waals surface area (Å²) >= 11 is 0. The summed E-state index contributed by atoms with van der Waals surface area (Å²) in [6, 6.07) is 7.63. The number of carboxylic acid groups (broad SMARTS) is 1. The zero-order valence-electron chi connectivity index (χ0n) is 9.51. The van der Waals surface area contributed by atoms with Gasteiger partial charge in [-0.05, 0) is 37.1 Å². The summed E-state index contributed by atoms with van der Waals surface area (Å²) in [5, 5.41) is 8.51. The summed E-state index contributed by atoms with van der Waals surface area (Å²) in [6.45, 7) is 4.51. The molecule has 0 saturated heterocycles. The van der Waals surface area contributed by atoms with Crippen LogP contribution < -0.4 is 0 Å². The number of aliphatic carboxylic acids is 1. The first-order valence-electron chi connectivity index (χ1n) is 5.19. The van der Waals surface area contributed by atoms with Gasteiger partial charge in [-0.15, -0.1) is 0 Å². The van der Waals surface area contributed by atoms with Crippen molar-refractivity contribution in [2.24, 2.45) is 0 Å². The molecule has 0 atom stereocenters. The van der Waals surface area contributed by atoms with E-state index in [-0.39, 0.29) is 6.10 Å². The predicted octanol–water partition coefficient (Wildman–Crippen LogP) is 2.71. The fourth-order valence-electron chi connectivity index (χ4n) is 1.22. The lowest BCUT2D eigenvalue weighted by atomic mass is 10.1. The molecule has 0 radical (unpaired) electrons. The van der Waals surface area contributed by atoms with E-state index in [1.165, 1.54) is 0 Å². The van der Waals surface area contributed by atoms with Crippen molar-refractivity contribution in [2.45, 2.75) is 26.6 Å². The molecule has 0 spiro atoms. The van der Waals surface area contributed by atoms with E-state index in [1.807, 2.05) is 38.1 Å². The van der Waals surface area contributed by atoms with Crippen molar-refractivity contribution >= 4 is 12.0 Å². The van der Waals surface area contributed by atoms with Crippen LogP contribution in [0.1, 0.15) is 25.0 Å². The van der Waals surface area contributed by atoms with Crippen LogP contribution in [0.5, 0.6) is 0 Å². The Morgan fingerprint density at radius 2 is 2.25 bits per heavy atom. The number of rotatable bonds is 5. The molecule has 0 heterocycles. The van der Waals surface area contributed by atoms with Crippen molar-refractivity contribution in [3.8, 4) is 0 Å². The van der Waals surface area contributed by atoms with Crippen LogP contribution >= 0.6 is 0 Å². The molecule has 3 heteroatoms. The molecule has 0 saturated carbocycles. The van der Waals surface area contributed by atoms with Crippen LogP contribution in [0.15, 0.2) is 30.3 Å². The fraction of sp³-hybridized carbons (Fsp3) is 0.308. The Bertz CT molecular complexity index is 381. The Hall–Kier alpha value is -1.61. The lowest BCUT2D eigenvalue weighted by molar-refractivity contribution is -0.131. The van der Waals surface area contributed by atoms with Gasteiger partial charge in [0.2, 0.25) is 0 Å². The first-order valence-corrected chi connectivity index (χ1v) is 5.19. The molecule has 0 bridgehead atoms. The van der Waals surface area contributed by atoms with Crippen LogP contribution in [0.3, 0.4) is 0 Å². The van der Waals surface area contributed by atoms with E-state index in [9.17, 15) is 4.79 Å². The summed E-state index contributed by atoms with van der Waals surface area (Å²) in [5.74, 6) is -0.941. The molecular weight excluding hydrogens is 204 g/mol. The summed E-state index contributed by atoms with van der Waals surface area (Å²) in [5.41, 5.74) is 1.91. The molecule has 0 amide bonds. The van der Waals surface area contributed by atoms with E-state index >= 15 is 0 Å². The number of ether oxygens (including phenoxy) is 1. The van der Waals surface area contributed by atoms with Gasteiger partial charge < -0.3 is 9.84 Å². The molecule has 0 aliphatic carbocycles. The molecule has 0 unspecified atom stereocenters. The molecule has 0 aliphatic heterocycles. The molecule has 0 fully saturated rings. The van der Waals surface area contributed by atoms with Crippen LogP contribution in [0, 0.1) is 0 Å². The quantitative estimate of drug-likeness (QED) is 0.776. The number of hydrogen-bond donors (Lipinski definition) is 1. The van der Waals surface area contributed by atoms with Gasteiger partial charge in [-0.1, -0.05) is 18.2 Å². The molecule has 1 N–H and O–H groups in total. The van der Waals surface area contributed by atoms with E-state index in [4.69, 9.17) is 9.84 Å². The van der Waals surface area contributed by atoms with Crippen LogP contribution in [-0.2, 0) is 16.1 Å². The standard InChI is InChI=1S/C13H16O3/c1-10(2)16-9-12-5-3-4-11(8-12)6-7-13(14)15/h3-8,10H,9H2,1-2H3,(H,14,15). The highest BCUT2D eigenvalue weighted by Crippen LogP contribution is 2.09. The van der Waals surface area contributed by atoms with E-state index < -0.39 is 5.97 Å². The molecule has 0 aliphatic rings. The van der Waals surface area contributed by atoms with Crippen molar-refractivity contribution in [3.63, 3.8) is 0 Å². The molecule has 1 rings (SSSR count). The van der Waals surface area contributed by atoms with Gasteiger partial charge in [-0.3, -0.25) is 0 Å². The first kappa shape index (κ1) is 12.5. The number of hydrogen-bond acceptors (Lipinski definition) is 2. The Morgan fingerprint density at radius 1 is 1.50 bits per heavy atom. The Kier molecular flexibility index (Phi) is 4.73. The maximum absolute atomic E-state index is 10.4. The Labute approximate surface area is 95.4 Å². The van der Waals surface area contributed by atoms with Gasteiger partial charge in [-0.25, -0.2) is 4.79 Å². The van der Waals surface area contributed by atoms with Crippen LogP contribution in [0.25, 0.3) is 6.08 Å². The summed E-state index contributed by atoms with van der Waals surface area (Å²) < 4.78 is 5.47. The van der Waals surface area contributed by atoms with Crippen molar-refractivity contribution in [1.29, 1.82) is 0 Å². The topological polar surface area (TPSA) is 46.5 Å². The smallest absolute Gasteiger partial charge is 0.328 e. The average molecular weight is 220 g/mol. The minimum atomic E-state index is -0.941. The molecular formula is C13H16O3. The molecule has 1 aromatic rings. The minimum absolute atomic E-state index is 0.193. The normalized spacial score (nSPS) is 11.2. The van der Waals surface area contributed by atoms with E-state index in [1.54, 1.807) is 6.08 Å². The minimum Gasteiger partial charge on any atom is -0.478 e. The number of carbonyl (C=O) groups is 1. The van der Waals surface area contributed by atoms with Gasteiger partial charge >= 0.3 is 5.97 Å². The Balaban J connectivity index is 2.67. The van der Waals surface area contributed by atoms with Crippen LogP contribution in [0.2, 0.25) is 0 Å². The third-order valence-corrected chi connectivity index (χ3v) is 1.95. The average Bonchev–Trinajstić information content (AvgIpc) is 2.24. The van der Waals surface area contributed by atoms with Gasteiger partial charge in [0, 0.05) is 6.08 Å². The van der Waals surface area contributed by atoms with Crippen LogP contribution in [0.4, 0.5) is 0 Å². The monoisotopic (exact) mass is 220 g/mol. The van der Waals surface area contributed by atoms with E-state index in [2.05, 4.69) is 0 Å². The fourth-order valence-corrected chi connectivity index (χ4v) is 1.22. The van der Waals surface area contributed by atoms with Crippen molar-refractivity contribution in [2.75, 3.05) is 0 Å². The first-order chi connectivity index (χ1) is 7.58. The molecule has 86 valence electrons. The molecule has 16 heavy (non-hydrogen) atoms. The second-order valence-corrected chi connectivity index (χ2v) is 3.78. The van der Waals surface area contributed by atoms with E-state index in [0.717, 1.165) is 17.2 Å². The van der Waals surface area contributed by atoms with Crippen molar-refractivity contribution in [3.05, 3.63) is 41.5 Å². The van der Waals surface area contributed by atoms with Gasteiger partial charge in [-0.2, -0.15) is 0 Å². The lowest BCUT2D eigenvalue weighted by Gasteiger charge is -2.07. The third-order valence-electron chi connectivity index (χ3n) is 1.95. The van der Waals surface area contributed by atoms with Crippen molar-refractivity contribution in [1.82, 2.24) is 0 Å². The number of carboxylic acids is 1. The molecule has 3 nitrogen and oxygen atoms in total. The maximum atomic E-state index is 10.4. The van der Waals surface area contributed by atoms with Gasteiger partial charge in [0.15, 0.2) is 0 Å². The van der Waals surface area contributed by atoms with Crippen LogP contribution in [-0.4, -0.2) is 17.2 Å². The predicted molar refractivity (Wildman–Crippen MR) is 63.0 cm³/mol. The van der Waals surface area contributed by atoms with Gasteiger partial charge in [0.05, 0.1) is 12.7 Å². The SMILES string of the molecule is CC(C)OCc1cccc(C=CC(=O)O)c1. The molecule has 0 aromatic heterocycles. The highest BCUT2D eigenvalue weighted by Gasteiger charge is 1.97. The van der Waals surface area contributed by atoms with Gasteiger partial charge in [0.25, 0.3) is 0 Å². The van der Waals surface area contributed by atoms with E-state index in [0.29, 0.717) is 6.61 Å². The summed E-state index contributed by atoms with van der Waals surface area (Å²) in [4.78, 5) is 10.4. The Morgan fingerprint density at radius 3 is 2.88 bits per heavy atom. The largest absolute Gasteiger partial charge is 0.478 e. The van der Waals surface area contributed by atoms with Gasteiger partial charge in [0.1, 0.15) is 0 Å². The second kappa shape index (κ2) is 6.08. The zero-order valence-corrected chi connectivity index (χ0v) is 9.51. The lowest BCUT2D eigenvalue weighted by Crippen LogP contribution is -2.02. The zero-order chi connectivity index (χ0) is 12.0. The third kappa shape index (κ3) is 4.75. The highest BCUT2D eigenvalue weighted by molar-refractivity contribution is 5.85. The summed E-state index contributed by atoms with van der Waals surface area (Å²) in [7, 11) is 0. The highest BCUT2D eigenvalue weighted by atomic mass is 16.5.